The van der Waals surface area contributed by atoms with E-state index < -0.39 is 60.6 Å². The molecule has 2 aromatic heterocycles. The van der Waals surface area contributed by atoms with Crippen LogP contribution >= 0.6 is 11.6 Å². The zero-order valence-corrected chi connectivity index (χ0v) is 28.7. The molecular formula is C33H30ClF3N10O7. The molecule has 0 unspecified atom stereocenters. The largest absolute Gasteiger partial charge is 0.480 e. The number of hydrogen-bond acceptors (Lipinski definition) is 12. The summed E-state index contributed by atoms with van der Waals surface area (Å²) in [5.41, 5.74) is 0.694. The summed E-state index contributed by atoms with van der Waals surface area (Å²) < 4.78 is 43.6. The second kappa shape index (κ2) is 16.4. The topological polar surface area (TPSA) is 239 Å². The lowest BCUT2D eigenvalue weighted by Crippen LogP contribution is -2.50. The number of nitrogens with one attached hydrogen (secondary N) is 6. The number of carbonyl (C=O) groups is 5. The molecule has 1 fully saturated rings. The molecule has 7 N–H and O–H groups in total. The molecule has 1 aliphatic carbocycles. The highest BCUT2D eigenvalue weighted by Crippen LogP contribution is 2.48. The van der Waals surface area contributed by atoms with Crippen LogP contribution in [-0.4, -0.2) is 80.0 Å². The Bertz CT molecular complexity index is 2030. The number of aromatic nitrogens is 4. The van der Waals surface area contributed by atoms with Gasteiger partial charge in [-0.25, -0.2) is 9.78 Å². The molecule has 1 aliphatic rings. The predicted octanol–water partition coefficient (Wildman–Crippen LogP) is 3.60. The smallest absolute Gasteiger partial charge is 0.422 e. The van der Waals surface area contributed by atoms with Gasteiger partial charge < -0.3 is 41.7 Å². The second-order valence-electron chi connectivity index (χ2n) is 11.7. The van der Waals surface area contributed by atoms with Crippen molar-refractivity contribution < 1.29 is 47.0 Å². The highest BCUT2D eigenvalue weighted by Gasteiger charge is 2.45. The minimum atomic E-state index is -4.66. The molecule has 0 spiro atoms. The van der Waals surface area contributed by atoms with Gasteiger partial charge in [-0.2, -0.15) is 28.1 Å². The summed E-state index contributed by atoms with van der Waals surface area (Å²) in [4.78, 5) is 76.5. The minimum absolute atomic E-state index is 0.00285. The summed E-state index contributed by atoms with van der Waals surface area (Å²) in [6.45, 7) is -1.02. The zero-order chi connectivity index (χ0) is 39.0. The Labute approximate surface area is 308 Å². The van der Waals surface area contributed by atoms with E-state index in [1.807, 2.05) is 12.1 Å². The molecule has 54 heavy (non-hydrogen) atoms. The Morgan fingerprint density at radius 2 is 1.56 bits per heavy atom. The van der Waals surface area contributed by atoms with Gasteiger partial charge >= 0.3 is 30.0 Å². The fraction of sp³-hybridized carbons (Fsp3) is 0.242. The van der Waals surface area contributed by atoms with Crippen molar-refractivity contribution in [3.8, 4) is 6.01 Å². The zero-order valence-electron chi connectivity index (χ0n) is 28.0. The van der Waals surface area contributed by atoms with Gasteiger partial charge in [0, 0.05) is 29.7 Å². The lowest BCUT2D eigenvalue weighted by molar-refractivity contribution is -0.154. The van der Waals surface area contributed by atoms with Gasteiger partial charge in [-0.3, -0.25) is 19.2 Å². The highest BCUT2D eigenvalue weighted by atomic mass is 35.5. The van der Waals surface area contributed by atoms with Gasteiger partial charge in [0.25, 0.3) is 5.91 Å². The van der Waals surface area contributed by atoms with Crippen LogP contribution in [0.5, 0.6) is 6.01 Å². The fourth-order valence-corrected chi connectivity index (χ4v) is 4.86. The third-order valence-electron chi connectivity index (χ3n) is 7.48. The van der Waals surface area contributed by atoms with Crippen molar-refractivity contribution in [1.82, 2.24) is 30.6 Å². The standard InChI is InChI=1S/C33H30ClF3N10O7/c1-17(48)40-24-11-10-22(14-38-24)41-27(51)26(50)39-15-23(28(52)53)43-25(49)18-2-8-21(9-3-18)42-29-44-30(46-31(45-29)54-16-33(35,36)37)47-32(12-13-32)19-4-6-20(34)7-5-19/h2-11,14,23H,12-13,15-16H2,1H3,(H,39,50)(H,41,51)(H,43,49)(H,52,53)(H,38,40,48)(H2,42,44,45,46,47)/t23-/m0/s1. The van der Waals surface area contributed by atoms with Crippen molar-refractivity contribution in [2.75, 3.05) is 34.4 Å². The number of pyridine rings is 1. The monoisotopic (exact) mass is 770 g/mol. The van der Waals surface area contributed by atoms with E-state index in [2.05, 4.69) is 51.8 Å². The molecule has 17 nitrogen and oxygen atoms in total. The van der Waals surface area contributed by atoms with Gasteiger partial charge in [0.1, 0.15) is 11.9 Å². The maximum Gasteiger partial charge on any atom is 0.422 e. The summed E-state index contributed by atoms with van der Waals surface area (Å²) in [7, 11) is 0. The number of aliphatic carboxylic acids is 1. The maximum absolute atomic E-state index is 12.9. The van der Waals surface area contributed by atoms with Crippen LogP contribution in [0.2, 0.25) is 5.02 Å². The van der Waals surface area contributed by atoms with Crippen LogP contribution in [0.15, 0.2) is 66.9 Å². The summed E-state index contributed by atoms with van der Waals surface area (Å²) >= 11 is 6.01. The number of carbonyl (C=O) groups excluding carboxylic acids is 4. The van der Waals surface area contributed by atoms with E-state index in [9.17, 15) is 42.3 Å². The number of hydrogen-bond donors (Lipinski definition) is 7. The number of carboxylic acids is 1. The van der Waals surface area contributed by atoms with E-state index in [0.29, 0.717) is 17.9 Å². The number of nitrogens with zero attached hydrogens (tertiary/aromatic N) is 4. The van der Waals surface area contributed by atoms with Crippen molar-refractivity contribution in [1.29, 1.82) is 0 Å². The quantitative estimate of drug-likeness (QED) is 0.0909. The average Bonchev–Trinajstić information content (AvgIpc) is 3.89. The Morgan fingerprint density at radius 3 is 2.15 bits per heavy atom. The van der Waals surface area contributed by atoms with Crippen LogP contribution in [-0.2, 0) is 24.7 Å². The minimum Gasteiger partial charge on any atom is -0.480 e. The third kappa shape index (κ3) is 11.0. The summed E-state index contributed by atoms with van der Waals surface area (Å²) in [6.07, 6.45) is -2.10. The van der Waals surface area contributed by atoms with Gasteiger partial charge in [-0.15, -0.1) is 0 Å². The first-order valence-corrected chi connectivity index (χ1v) is 16.2. The summed E-state index contributed by atoms with van der Waals surface area (Å²) in [5, 5.41) is 25.2. The Kier molecular flexibility index (Phi) is 11.7. The van der Waals surface area contributed by atoms with E-state index in [0.717, 1.165) is 5.56 Å². The predicted molar refractivity (Wildman–Crippen MR) is 186 cm³/mol. The van der Waals surface area contributed by atoms with Gasteiger partial charge in [0.05, 0.1) is 17.4 Å². The molecule has 4 amide bonds. The molecule has 5 rings (SSSR count). The van der Waals surface area contributed by atoms with Crippen molar-refractivity contribution in [2.24, 2.45) is 0 Å². The van der Waals surface area contributed by atoms with Crippen molar-refractivity contribution >= 4 is 70.3 Å². The Hall–Kier alpha value is -6.57. The van der Waals surface area contributed by atoms with Crippen LogP contribution in [0, 0.1) is 0 Å². The number of ether oxygens (including phenoxy) is 1. The first kappa shape index (κ1) is 38.7. The second-order valence-corrected chi connectivity index (χ2v) is 12.2. The number of rotatable bonds is 14. The lowest BCUT2D eigenvalue weighted by Gasteiger charge is -2.19. The van der Waals surface area contributed by atoms with Crippen LogP contribution < -0.4 is 36.6 Å². The molecule has 2 aromatic carbocycles. The normalized spacial score (nSPS) is 13.4. The Morgan fingerprint density at radius 1 is 0.889 bits per heavy atom. The number of alkyl halides is 3. The molecule has 21 heteroatoms. The summed E-state index contributed by atoms with van der Waals surface area (Å²) in [6, 6.07) is 13.0. The SMILES string of the molecule is CC(=O)Nc1ccc(NC(=O)C(=O)NC[C@H](NC(=O)c2ccc(Nc3nc(NC4(c5ccc(Cl)cc5)CC4)nc(OCC(F)(F)F)n3)cc2)C(=O)O)cn1. The molecule has 282 valence electrons. The van der Waals surface area contributed by atoms with Crippen molar-refractivity contribution in [3.05, 3.63) is 83.0 Å². The number of amides is 4. The first-order chi connectivity index (χ1) is 25.6. The molecule has 0 saturated heterocycles. The molecule has 0 aliphatic heterocycles. The van der Waals surface area contributed by atoms with E-state index >= 15 is 0 Å². The number of halogens is 4. The Balaban J connectivity index is 1.20. The van der Waals surface area contributed by atoms with Crippen molar-refractivity contribution in [3.63, 3.8) is 0 Å². The van der Waals surface area contributed by atoms with Crippen LogP contribution in [0.1, 0.15) is 35.7 Å². The highest BCUT2D eigenvalue weighted by molar-refractivity contribution is 6.39. The number of anilines is 5. The van der Waals surface area contributed by atoms with Crippen LogP contribution in [0.4, 0.5) is 42.3 Å². The van der Waals surface area contributed by atoms with Crippen LogP contribution in [0.25, 0.3) is 0 Å². The molecule has 4 aromatic rings. The maximum atomic E-state index is 12.9. The molecule has 1 saturated carbocycles. The van der Waals surface area contributed by atoms with E-state index in [1.54, 1.807) is 12.1 Å². The van der Waals surface area contributed by atoms with Gasteiger partial charge in [-0.1, -0.05) is 23.7 Å². The fourth-order valence-electron chi connectivity index (χ4n) is 4.73. The molecule has 0 bridgehead atoms. The van der Waals surface area contributed by atoms with Crippen LogP contribution in [0.3, 0.4) is 0 Å². The van der Waals surface area contributed by atoms with Gasteiger partial charge in [-0.05, 0) is 66.9 Å². The molecular weight excluding hydrogens is 741 g/mol. The van der Waals surface area contributed by atoms with E-state index in [-0.39, 0.29) is 40.6 Å². The number of benzene rings is 2. The van der Waals surface area contributed by atoms with Crippen molar-refractivity contribution in [2.45, 2.75) is 37.5 Å². The summed E-state index contributed by atoms with van der Waals surface area (Å²) in [5.74, 6) is -5.08. The van der Waals surface area contributed by atoms with E-state index in [1.165, 1.54) is 49.5 Å². The van der Waals surface area contributed by atoms with Gasteiger partial charge in [0.2, 0.25) is 17.8 Å². The first-order valence-electron chi connectivity index (χ1n) is 15.8. The molecule has 1 atom stereocenters. The molecule has 0 radical (unpaired) electrons. The third-order valence-corrected chi connectivity index (χ3v) is 7.73. The van der Waals surface area contributed by atoms with Gasteiger partial charge in [0.15, 0.2) is 6.61 Å². The average molecular weight is 771 g/mol. The number of carboxylic acid groups (broad SMARTS) is 1. The lowest BCUT2D eigenvalue weighted by atomic mass is 10.1. The van der Waals surface area contributed by atoms with E-state index in [4.69, 9.17) is 16.3 Å². The molecule has 2 heterocycles.